The molecule has 2 heterocycles. The van der Waals surface area contributed by atoms with E-state index in [0.717, 1.165) is 12.0 Å². The summed E-state index contributed by atoms with van der Waals surface area (Å²) in [6.45, 7) is 5.94. The van der Waals surface area contributed by atoms with Crippen molar-refractivity contribution in [1.29, 1.82) is 0 Å². The molecule has 0 unspecified atom stereocenters. The molecule has 0 spiro atoms. The van der Waals surface area contributed by atoms with Gasteiger partial charge in [-0.15, -0.1) is 0 Å². The number of fused-ring (bicyclic) bond motifs is 1. The molecule has 108 valence electrons. The fraction of sp³-hybridized carbons (Fsp3) is 0.500. The molecule has 1 aromatic rings. The van der Waals surface area contributed by atoms with E-state index < -0.39 is 17.7 Å². The molecule has 20 heavy (non-hydrogen) atoms. The highest BCUT2D eigenvalue weighted by atomic mass is 16.6. The lowest BCUT2D eigenvalue weighted by atomic mass is 10.0. The van der Waals surface area contributed by atoms with Crippen molar-refractivity contribution in [2.75, 3.05) is 11.4 Å². The number of aryl methyl sites for hydroxylation is 1. The van der Waals surface area contributed by atoms with Crippen LogP contribution in [0.1, 0.15) is 43.1 Å². The Morgan fingerprint density at radius 1 is 1.40 bits per heavy atom. The molecule has 0 bridgehead atoms. The summed E-state index contributed by atoms with van der Waals surface area (Å²) in [6.07, 6.45) is 2.29. The van der Waals surface area contributed by atoms with E-state index in [1.807, 2.05) is 0 Å². The molecule has 6 nitrogen and oxygen atoms in total. The van der Waals surface area contributed by atoms with Gasteiger partial charge in [0.25, 0.3) is 0 Å². The minimum Gasteiger partial charge on any atom is -0.478 e. The highest BCUT2D eigenvalue weighted by molar-refractivity contribution is 5.91. The second kappa shape index (κ2) is 5.11. The van der Waals surface area contributed by atoms with Gasteiger partial charge in [0, 0.05) is 12.7 Å². The molecule has 1 N–H and O–H groups in total. The molecule has 0 fully saturated rings. The molecule has 1 aliphatic rings. The first-order valence-electron chi connectivity index (χ1n) is 6.50. The van der Waals surface area contributed by atoms with Gasteiger partial charge in [0.15, 0.2) is 0 Å². The maximum absolute atomic E-state index is 12.1. The second-order valence-corrected chi connectivity index (χ2v) is 5.75. The zero-order valence-corrected chi connectivity index (χ0v) is 11.8. The average Bonchev–Trinajstić information content (AvgIpc) is 2.35. The van der Waals surface area contributed by atoms with Crippen LogP contribution in [0.25, 0.3) is 0 Å². The predicted octanol–water partition coefficient (Wildman–Crippen LogP) is 2.47. The van der Waals surface area contributed by atoms with E-state index in [-0.39, 0.29) is 5.56 Å². The number of hydrogen-bond acceptors (Lipinski definition) is 4. The number of carboxylic acid groups (broad SMARTS) is 1. The molecule has 0 aromatic carbocycles. The van der Waals surface area contributed by atoms with Gasteiger partial charge < -0.3 is 9.84 Å². The summed E-state index contributed by atoms with van der Waals surface area (Å²) in [4.78, 5) is 28.7. The topological polar surface area (TPSA) is 79.7 Å². The maximum atomic E-state index is 12.1. The summed E-state index contributed by atoms with van der Waals surface area (Å²) < 4.78 is 5.34. The van der Waals surface area contributed by atoms with Crippen LogP contribution in [0.3, 0.4) is 0 Å². The lowest BCUT2D eigenvalue weighted by molar-refractivity contribution is 0.0576. The number of hydrogen-bond donors (Lipinski definition) is 1. The van der Waals surface area contributed by atoms with E-state index in [9.17, 15) is 9.59 Å². The molecule has 6 heteroatoms. The van der Waals surface area contributed by atoms with Crippen LogP contribution in [0.4, 0.5) is 10.6 Å². The second-order valence-electron chi connectivity index (χ2n) is 5.75. The van der Waals surface area contributed by atoms with Gasteiger partial charge in [0.2, 0.25) is 0 Å². The molecule has 0 atom stereocenters. The minimum absolute atomic E-state index is 0.134. The Bertz CT molecular complexity index is 549. The van der Waals surface area contributed by atoms with Gasteiger partial charge in [0.05, 0.1) is 5.56 Å². The number of aromatic carboxylic acids is 1. The number of amides is 1. The van der Waals surface area contributed by atoms with Crippen LogP contribution < -0.4 is 4.90 Å². The van der Waals surface area contributed by atoms with Gasteiger partial charge in [-0.2, -0.15) is 0 Å². The minimum atomic E-state index is -1.02. The van der Waals surface area contributed by atoms with Crippen molar-refractivity contribution >= 4 is 17.9 Å². The molecule has 2 rings (SSSR count). The zero-order chi connectivity index (χ0) is 14.9. The first-order chi connectivity index (χ1) is 9.28. The fourth-order valence-corrected chi connectivity index (χ4v) is 2.08. The lowest BCUT2D eigenvalue weighted by Crippen LogP contribution is -2.40. The summed E-state index contributed by atoms with van der Waals surface area (Å²) in [6, 6.07) is 1.57. The van der Waals surface area contributed by atoms with E-state index >= 15 is 0 Å². The number of pyridine rings is 1. The van der Waals surface area contributed by atoms with Crippen molar-refractivity contribution in [1.82, 2.24) is 4.98 Å². The van der Waals surface area contributed by atoms with Crippen molar-refractivity contribution in [2.24, 2.45) is 0 Å². The van der Waals surface area contributed by atoms with Crippen molar-refractivity contribution in [3.05, 3.63) is 23.4 Å². The first kappa shape index (κ1) is 14.3. The molecule has 0 saturated carbocycles. The largest absolute Gasteiger partial charge is 0.478 e. The van der Waals surface area contributed by atoms with Crippen LogP contribution >= 0.6 is 0 Å². The SMILES string of the molecule is CC(C)(C)OC(=O)N1CCCc2cc(C(=O)O)cnc21. The number of aromatic nitrogens is 1. The van der Waals surface area contributed by atoms with E-state index in [2.05, 4.69) is 4.98 Å². The molecule has 0 aliphatic carbocycles. The van der Waals surface area contributed by atoms with E-state index in [1.165, 1.54) is 11.1 Å². The Morgan fingerprint density at radius 3 is 2.70 bits per heavy atom. The molecular weight excluding hydrogens is 260 g/mol. The molecule has 0 radical (unpaired) electrons. The van der Waals surface area contributed by atoms with Crippen molar-refractivity contribution in [2.45, 2.75) is 39.2 Å². The smallest absolute Gasteiger partial charge is 0.416 e. The number of rotatable bonds is 1. The quantitative estimate of drug-likeness (QED) is 0.853. The Hall–Kier alpha value is -2.11. The predicted molar refractivity (Wildman–Crippen MR) is 73.1 cm³/mol. The summed E-state index contributed by atoms with van der Waals surface area (Å²) >= 11 is 0. The van der Waals surface area contributed by atoms with Crippen LogP contribution in [0.15, 0.2) is 12.3 Å². The number of anilines is 1. The van der Waals surface area contributed by atoms with Crippen LogP contribution in [-0.2, 0) is 11.2 Å². The third-order valence-corrected chi connectivity index (χ3v) is 2.89. The molecule has 1 amide bonds. The summed E-state index contributed by atoms with van der Waals surface area (Å²) in [5, 5.41) is 8.97. The normalized spacial score (nSPS) is 14.7. The van der Waals surface area contributed by atoms with Crippen LogP contribution in [0, 0.1) is 0 Å². The van der Waals surface area contributed by atoms with E-state index in [0.29, 0.717) is 18.8 Å². The summed E-state index contributed by atoms with van der Waals surface area (Å²) in [5.74, 6) is -0.523. The number of carbonyl (C=O) groups excluding carboxylic acids is 1. The van der Waals surface area contributed by atoms with E-state index in [4.69, 9.17) is 9.84 Å². The van der Waals surface area contributed by atoms with Crippen LogP contribution in [0.2, 0.25) is 0 Å². The molecule has 0 saturated heterocycles. The zero-order valence-electron chi connectivity index (χ0n) is 11.8. The van der Waals surface area contributed by atoms with Crippen molar-refractivity contribution in [3.8, 4) is 0 Å². The van der Waals surface area contributed by atoms with Crippen LogP contribution in [0.5, 0.6) is 0 Å². The van der Waals surface area contributed by atoms with E-state index in [1.54, 1.807) is 26.8 Å². The van der Waals surface area contributed by atoms with Gasteiger partial charge in [-0.25, -0.2) is 14.6 Å². The Kier molecular flexibility index (Phi) is 3.65. The highest BCUT2D eigenvalue weighted by Gasteiger charge is 2.28. The third kappa shape index (κ3) is 3.07. The molecule has 1 aromatic heterocycles. The number of carbonyl (C=O) groups is 2. The lowest BCUT2D eigenvalue weighted by Gasteiger charge is -2.30. The Balaban J connectivity index is 2.29. The molecule has 1 aliphatic heterocycles. The third-order valence-electron chi connectivity index (χ3n) is 2.89. The standard InChI is InChI=1S/C14H18N2O4/c1-14(2,3)20-13(19)16-6-4-5-9-7-10(12(17)18)8-15-11(9)16/h7-8H,4-6H2,1-3H3,(H,17,18). The first-order valence-corrected chi connectivity index (χ1v) is 6.50. The Morgan fingerprint density at radius 2 is 2.10 bits per heavy atom. The molecular formula is C14H18N2O4. The van der Waals surface area contributed by atoms with Gasteiger partial charge in [0.1, 0.15) is 11.4 Å². The van der Waals surface area contributed by atoms with Crippen LogP contribution in [-0.4, -0.2) is 34.3 Å². The summed E-state index contributed by atoms with van der Waals surface area (Å²) in [5.41, 5.74) is 0.326. The summed E-state index contributed by atoms with van der Waals surface area (Å²) in [7, 11) is 0. The van der Waals surface area contributed by atoms with Gasteiger partial charge in [-0.3, -0.25) is 4.90 Å². The average molecular weight is 278 g/mol. The van der Waals surface area contributed by atoms with Gasteiger partial charge in [-0.05, 0) is 45.2 Å². The van der Waals surface area contributed by atoms with Gasteiger partial charge >= 0.3 is 12.1 Å². The highest BCUT2D eigenvalue weighted by Crippen LogP contribution is 2.27. The Labute approximate surface area is 117 Å². The number of carboxylic acids is 1. The van der Waals surface area contributed by atoms with Crippen molar-refractivity contribution in [3.63, 3.8) is 0 Å². The maximum Gasteiger partial charge on any atom is 0.416 e. The monoisotopic (exact) mass is 278 g/mol. The number of nitrogens with zero attached hydrogens (tertiary/aromatic N) is 2. The van der Waals surface area contributed by atoms with Gasteiger partial charge in [-0.1, -0.05) is 0 Å². The fourth-order valence-electron chi connectivity index (χ4n) is 2.08. The number of ether oxygens (including phenoxy) is 1. The van der Waals surface area contributed by atoms with Crippen molar-refractivity contribution < 1.29 is 19.4 Å².